The van der Waals surface area contributed by atoms with Gasteiger partial charge < -0.3 is 9.47 Å². The third-order valence-corrected chi connectivity index (χ3v) is 2.68. The van der Waals surface area contributed by atoms with E-state index in [1.54, 1.807) is 39.3 Å². The molecule has 0 aliphatic rings. The summed E-state index contributed by atoms with van der Waals surface area (Å²) in [7, 11) is 3.17. The molecule has 0 saturated carbocycles. The minimum Gasteiger partial charge on any atom is -0.497 e. The van der Waals surface area contributed by atoms with Crippen molar-refractivity contribution in [1.82, 2.24) is 15.2 Å². The summed E-state index contributed by atoms with van der Waals surface area (Å²) in [5, 5.41) is 8.24. The lowest BCUT2D eigenvalue weighted by atomic mass is 10.1. The molecule has 0 unspecified atom stereocenters. The van der Waals surface area contributed by atoms with E-state index in [0.29, 0.717) is 28.6 Å². The van der Waals surface area contributed by atoms with Gasteiger partial charge in [-0.15, -0.1) is 10.2 Å². The topological polar surface area (TPSA) is 57.1 Å². The van der Waals surface area contributed by atoms with Crippen molar-refractivity contribution in [1.29, 1.82) is 0 Å². The predicted octanol–water partition coefficient (Wildman–Crippen LogP) is 2.52. The summed E-state index contributed by atoms with van der Waals surface area (Å²) in [4.78, 5) is 4.08. The number of ether oxygens (including phenoxy) is 2. The van der Waals surface area contributed by atoms with Crippen LogP contribution in [0.5, 0.6) is 11.5 Å². The van der Waals surface area contributed by atoms with Crippen LogP contribution in [0.1, 0.15) is 5.82 Å². The van der Waals surface area contributed by atoms with Crippen LogP contribution < -0.4 is 9.47 Å². The third-order valence-electron chi connectivity index (χ3n) is 2.41. The molecule has 0 aliphatic heterocycles. The highest BCUT2D eigenvalue weighted by atomic mass is 35.5. The molecule has 2 aromatic rings. The van der Waals surface area contributed by atoms with Gasteiger partial charge in [0.15, 0.2) is 5.15 Å². The number of hydrogen-bond acceptors (Lipinski definition) is 5. The number of aryl methyl sites for hydroxylation is 1. The van der Waals surface area contributed by atoms with Gasteiger partial charge in [0, 0.05) is 0 Å². The standard InChI is InChI=1S/C12H12ClN3O2/c1-7-14-12(13)11(16-15-7)9-6-8(17-2)4-5-10(9)18-3/h4-6H,1-3H3. The lowest BCUT2D eigenvalue weighted by Crippen LogP contribution is -1.98. The molecular weight excluding hydrogens is 254 g/mol. The molecule has 0 atom stereocenters. The van der Waals surface area contributed by atoms with E-state index in [1.807, 2.05) is 0 Å². The Morgan fingerprint density at radius 1 is 1.11 bits per heavy atom. The van der Waals surface area contributed by atoms with Crippen LogP contribution >= 0.6 is 11.6 Å². The summed E-state index contributed by atoms with van der Waals surface area (Å²) >= 11 is 6.08. The van der Waals surface area contributed by atoms with Gasteiger partial charge >= 0.3 is 0 Å². The maximum Gasteiger partial charge on any atom is 0.159 e. The van der Waals surface area contributed by atoms with E-state index < -0.39 is 0 Å². The van der Waals surface area contributed by atoms with Gasteiger partial charge in [0.1, 0.15) is 23.0 Å². The quantitative estimate of drug-likeness (QED) is 0.853. The lowest BCUT2D eigenvalue weighted by molar-refractivity contribution is 0.404. The monoisotopic (exact) mass is 265 g/mol. The Kier molecular flexibility index (Phi) is 3.62. The fourth-order valence-corrected chi connectivity index (χ4v) is 1.81. The number of benzene rings is 1. The summed E-state index contributed by atoms with van der Waals surface area (Å²) in [6, 6.07) is 5.36. The summed E-state index contributed by atoms with van der Waals surface area (Å²) in [6.45, 7) is 1.73. The first kappa shape index (κ1) is 12.6. The zero-order valence-electron chi connectivity index (χ0n) is 10.3. The number of nitrogens with zero attached hydrogens (tertiary/aromatic N) is 3. The molecule has 1 aromatic carbocycles. The van der Waals surface area contributed by atoms with Crippen molar-refractivity contribution >= 4 is 11.6 Å². The summed E-state index contributed by atoms with van der Waals surface area (Å²) in [6.07, 6.45) is 0. The maximum absolute atomic E-state index is 6.08. The number of hydrogen-bond donors (Lipinski definition) is 0. The van der Waals surface area contributed by atoms with E-state index in [9.17, 15) is 0 Å². The minimum atomic E-state index is 0.286. The first-order chi connectivity index (χ1) is 8.65. The van der Waals surface area contributed by atoms with Crippen molar-refractivity contribution in [3.8, 4) is 22.8 Å². The second-order valence-electron chi connectivity index (χ2n) is 3.56. The van der Waals surface area contributed by atoms with Crippen LogP contribution in [-0.4, -0.2) is 29.4 Å². The fraction of sp³-hybridized carbons (Fsp3) is 0.250. The number of methoxy groups -OCH3 is 2. The summed E-state index contributed by atoms with van der Waals surface area (Å²) in [5.74, 6) is 1.84. The average Bonchev–Trinajstić information content (AvgIpc) is 2.38. The van der Waals surface area contributed by atoms with Crippen LogP contribution in [0.3, 0.4) is 0 Å². The van der Waals surface area contributed by atoms with Crippen LogP contribution in [0.15, 0.2) is 18.2 Å². The molecule has 0 radical (unpaired) electrons. The zero-order chi connectivity index (χ0) is 13.1. The van der Waals surface area contributed by atoms with Crippen molar-refractivity contribution in [2.75, 3.05) is 14.2 Å². The van der Waals surface area contributed by atoms with Crippen LogP contribution in [0.25, 0.3) is 11.3 Å². The molecule has 0 saturated heterocycles. The van der Waals surface area contributed by atoms with Gasteiger partial charge in [-0.1, -0.05) is 11.6 Å². The van der Waals surface area contributed by atoms with E-state index in [2.05, 4.69) is 15.2 Å². The van der Waals surface area contributed by atoms with Gasteiger partial charge in [-0.05, 0) is 25.1 Å². The minimum absolute atomic E-state index is 0.286. The Labute approximate surface area is 110 Å². The lowest BCUT2D eigenvalue weighted by Gasteiger charge is -2.10. The van der Waals surface area contributed by atoms with Gasteiger partial charge in [-0.3, -0.25) is 0 Å². The van der Waals surface area contributed by atoms with Gasteiger partial charge in [0.25, 0.3) is 0 Å². The molecule has 0 bridgehead atoms. The maximum atomic E-state index is 6.08. The highest BCUT2D eigenvalue weighted by Gasteiger charge is 2.14. The van der Waals surface area contributed by atoms with E-state index in [-0.39, 0.29) is 5.15 Å². The third kappa shape index (κ3) is 2.36. The molecule has 0 N–H and O–H groups in total. The van der Waals surface area contributed by atoms with Crippen LogP contribution in [-0.2, 0) is 0 Å². The van der Waals surface area contributed by atoms with Crippen molar-refractivity contribution in [2.45, 2.75) is 6.92 Å². The van der Waals surface area contributed by atoms with Gasteiger partial charge in [0.2, 0.25) is 0 Å². The molecule has 5 nitrogen and oxygen atoms in total. The molecule has 6 heteroatoms. The number of rotatable bonds is 3. The van der Waals surface area contributed by atoms with Crippen molar-refractivity contribution in [3.05, 3.63) is 29.2 Å². The van der Waals surface area contributed by atoms with E-state index >= 15 is 0 Å². The molecule has 0 aliphatic carbocycles. The highest BCUT2D eigenvalue weighted by molar-refractivity contribution is 6.31. The SMILES string of the molecule is COc1ccc(OC)c(-c2nnc(C)nc2Cl)c1. The van der Waals surface area contributed by atoms with Crippen LogP contribution in [0, 0.1) is 6.92 Å². The summed E-state index contributed by atoms with van der Waals surface area (Å²) in [5.41, 5.74) is 1.17. The predicted molar refractivity (Wildman–Crippen MR) is 68.1 cm³/mol. The Balaban J connectivity index is 2.60. The second kappa shape index (κ2) is 5.18. The van der Waals surface area contributed by atoms with Gasteiger partial charge in [-0.2, -0.15) is 0 Å². The Morgan fingerprint density at radius 2 is 1.89 bits per heavy atom. The molecule has 0 spiro atoms. The Morgan fingerprint density at radius 3 is 2.50 bits per heavy atom. The molecule has 0 fully saturated rings. The van der Waals surface area contributed by atoms with Gasteiger partial charge in [0.05, 0.1) is 19.8 Å². The molecular formula is C12H12ClN3O2. The van der Waals surface area contributed by atoms with E-state index in [0.717, 1.165) is 0 Å². The van der Waals surface area contributed by atoms with E-state index in [4.69, 9.17) is 21.1 Å². The Bertz CT molecular complexity index is 575. The molecule has 18 heavy (non-hydrogen) atoms. The molecule has 0 amide bonds. The molecule has 1 heterocycles. The van der Waals surface area contributed by atoms with Crippen LogP contribution in [0.4, 0.5) is 0 Å². The first-order valence-electron chi connectivity index (χ1n) is 5.25. The van der Waals surface area contributed by atoms with E-state index in [1.165, 1.54) is 0 Å². The first-order valence-corrected chi connectivity index (χ1v) is 5.62. The smallest absolute Gasteiger partial charge is 0.159 e. The summed E-state index contributed by atoms with van der Waals surface area (Å²) < 4.78 is 10.4. The van der Waals surface area contributed by atoms with Crippen molar-refractivity contribution < 1.29 is 9.47 Å². The average molecular weight is 266 g/mol. The second-order valence-corrected chi connectivity index (χ2v) is 3.92. The van der Waals surface area contributed by atoms with Crippen LogP contribution in [0.2, 0.25) is 5.15 Å². The molecule has 1 aromatic heterocycles. The van der Waals surface area contributed by atoms with Crippen molar-refractivity contribution in [3.63, 3.8) is 0 Å². The zero-order valence-corrected chi connectivity index (χ0v) is 11.0. The number of halogens is 1. The normalized spacial score (nSPS) is 10.2. The Hall–Kier alpha value is -1.88. The van der Waals surface area contributed by atoms with Crippen molar-refractivity contribution in [2.24, 2.45) is 0 Å². The molecule has 2 rings (SSSR count). The number of aromatic nitrogens is 3. The highest BCUT2D eigenvalue weighted by Crippen LogP contribution is 2.34. The largest absolute Gasteiger partial charge is 0.497 e. The molecule has 94 valence electrons. The van der Waals surface area contributed by atoms with Gasteiger partial charge in [-0.25, -0.2) is 4.98 Å². The fourth-order valence-electron chi connectivity index (χ4n) is 1.55.